The summed E-state index contributed by atoms with van der Waals surface area (Å²) in [5, 5.41) is 7.33. The molecule has 3 aromatic rings. The third-order valence-electron chi connectivity index (χ3n) is 5.21. The fourth-order valence-electron chi connectivity index (χ4n) is 3.62. The smallest absolute Gasteiger partial charge is 0.271 e. The molecule has 1 aromatic heterocycles. The normalized spacial score (nSPS) is 15.2. The number of hydrogen-bond acceptors (Lipinski definition) is 4. The predicted molar refractivity (Wildman–Crippen MR) is 112 cm³/mol. The zero-order valence-electron chi connectivity index (χ0n) is 16.2. The molecule has 2 heterocycles. The molecule has 0 saturated carbocycles. The fraction of sp³-hybridized carbons (Fsp3) is 0.261. The van der Waals surface area contributed by atoms with E-state index in [1.165, 1.54) is 22.4 Å². The third kappa shape index (κ3) is 4.78. The Labute approximate surface area is 169 Å². The Kier molecular flexibility index (Phi) is 5.81. The van der Waals surface area contributed by atoms with E-state index in [0.717, 1.165) is 32.5 Å². The second kappa shape index (κ2) is 8.84. The number of aromatic nitrogens is 2. The Morgan fingerprint density at radius 2 is 1.59 bits per heavy atom. The Hall–Kier alpha value is -3.25. The summed E-state index contributed by atoms with van der Waals surface area (Å²) in [6.45, 7) is 2.82. The second-order valence-corrected chi connectivity index (χ2v) is 7.31. The van der Waals surface area contributed by atoms with E-state index in [1.54, 1.807) is 12.1 Å². The SMILES string of the molecule is O=C(NC1CCN(Cc2ccccc2)CC1)c1ccc(=O)n(-c2ccccc2)n1. The molecule has 1 saturated heterocycles. The molecular formula is C23H24N4O2. The molecule has 0 aliphatic carbocycles. The molecular weight excluding hydrogens is 364 g/mol. The van der Waals surface area contributed by atoms with Crippen LogP contribution in [0.4, 0.5) is 0 Å². The summed E-state index contributed by atoms with van der Waals surface area (Å²) in [7, 11) is 0. The highest BCUT2D eigenvalue weighted by Gasteiger charge is 2.22. The molecule has 1 aliphatic heterocycles. The summed E-state index contributed by atoms with van der Waals surface area (Å²) in [6.07, 6.45) is 1.80. The molecule has 0 bridgehead atoms. The molecule has 1 N–H and O–H groups in total. The number of para-hydroxylation sites is 1. The maximum absolute atomic E-state index is 12.7. The van der Waals surface area contributed by atoms with Gasteiger partial charge >= 0.3 is 0 Å². The third-order valence-corrected chi connectivity index (χ3v) is 5.21. The number of piperidine rings is 1. The Morgan fingerprint density at radius 1 is 0.931 bits per heavy atom. The van der Waals surface area contributed by atoms with E-state index in [9.17, 15) is 9.59 Å². The second-order valence-electron chi connectivity index (χ2n) is 7.31. The lowest BCUT2D eigenvalue weighted by atomic mass is 10.0. The minimum absolute atomic E-state index is 0.119. The Balaban J connectivity index is 1.36. The molecule has 6 heteroatoms. The van der Waals surface area contributed by atoms with Crippen LogP contribution in [0, 0.1) is 0 Å². The average molecular weight is 388 g/mol. The zero-order chi connectivity index (χ0) is 20.1. The van der Waals surface area contributed by atoms with Crippen molar-refractivity contribution in [3.05, 3.63) is 94.4 Å². The molecule has 6 nitrogen and oxygen atoms in total. The summed E-state index contributed by atoms with van der Waals surface area (Å²) in [6, 6.07) is 22.5. The van der Waals surface area contributed by atoms with Gasteiger partial charge in [0.15, 0.2) is 0 Å². The summed E-state index contributed by atoms with van der Waals surface area (Å²) >= 11 is 0. The molecule has 0 unspecified atom stereocenters. The molecule has 2 aromatic carbocycles. The van der Waals surface area contributed by atoms with Crippen molar-refractivity contribution in [3.8, 4) is 5.69 Å². The first kappa shape index (κ1) is 19.1. The standard InChI is InChI=1S/C23H24N4O2/c28-22-12-11-21(25-27(22)20-9-5-2-6-10-20)23(29)24-19-13-15-26(16-14-19)17-18-7-3-1-4-8-18/h1-12,19H,13-17H2,(H,24,29). The van der Waals surface area contributed by atoms with E-state index < -0.39 is 0 Å². The molecule has 1 aliphatic rings. The number of nitrogens with one attached hydrogen (secondary N) is 1. The topological polar surface area (TPSA) is 67.2 Å². The van der Waals surface area contributed by atoms with Crippen molar-refractivity contribution in [2.75, 3.05) is 13.1 Å². The maximum atomic E-state index is 12.7. The highest BCUT2D eigenvalue weighted by molar-refractivity contribution is 5.92. The minimum atomic E-state index is -0.262. The van der Waals surface area contributed by atoms with Crippen LogP contribution in [0.5, 0.6) is 0 Å². The van der Waals surface area contributed by atoms with Crippen LogP contribution >= 0.6 is 0 Å². The first-order valence-corrected chi connectivity index (χ1v) is 9.92. The summed E-state index contributed by atoms with van der Waals surface area (Å²) in [5.74, 6) is -0.240. The van der Waals surface area contributed by atoms with Gasteiger partial charge in [-0.2, -0.15) is 9.78 Å². The van der Waals surface area contributed by atoms with E-state index >= 15 is 0 Å². The zero-order valence-corrected chi connectivity index (χ0v) is 16.2. The minimum Gasteiger partial charge on any atom is -0.348 e. The van der Waals surface area contributed by atoms with Gasteiger partial charge in [0.1, 0.15) is 5.69 Å². The number of carbonyl (C=O) groups excluding carboxylic acids is 1. The molecule has 148 valence electrons. The highest BCUT2D eigenvalue weighted by atomic mass is 16.2. The number of hydrogen-bond donors (Lipinski definition) is 1. The summed E-state index contributed by atoms with van der Waals surface area (Å²) in [5.41, 5.74) is 1.94. The van der Waals surface area contributed by atoms with Crippen molar-refractivity contribution in [3.63, 3.8) is 0 Å². The number of amides is 1. The molecule has 0 radical (unpaired) electrons. The van der Waals surface area contributed by atoms with Gasteiger partial charge in [-0.1, -0.05) is 48.5 Å². The van der Waals surface area contributed by atoms with Gasteiger partial charge < -0.3 is 5.32 Å². The molecule has 1 amide bonds. The van der Waals surface area contributed by atoms with Crippen LogP contribution in [0.25, 0.3) is 5.69 Å². The number of rotatable bonds is 5. The monoisotopic (exact) mass is 388 g/mol. The van der Waals surface area contributed by atoms with Crippen LogP contribution in [0.3, 0.4) is 0 Å². The van der Waals surface area contributed by atoms with Crippen molar-refractivity contribution >= 4 is 5.91 Å². The quantitative estimate of drug-likeness (QED) is 0.730. The van der Waals surface area contributed by atoms with Crippen molar-refractivity contribution in [1.82, 2.24) is 20.0 Å². The summed E-state index contributed by atoms with van der Waals surface area (Å²) in [4.78, 5) is 27.2. The lowest BCUT2D eigenvalue weighted by molar-refractivity contribution is 0.0902. The maximum Gasteiger partial charge on any atom is 0.271 e. The van der Waals surface area contributed by atoms with Crippen molar-refractivity contribution < 1.29 is 4.79 Å². The van der Waals surface area contributed by atoms with Gasteiger partial charge in [-0.05, 0) is 36.6 Å². The van der Waals surface area contributed by atoms with Gasteiger partial charge in [-0.3, -0.25) is 14.5 Å². The Morgan fingerprint density at radius 3 is 2.28 bits per heavy atom. The van der Waals surface area contributed by atoms with Gasteiger partial charge in [0.05, 0.1) is 5.69 Å². The van der Waals surface area contributed by atoms with Crippen LogP contribution < -0.4 is 10.9 Å². The number of benzene rings is 2. The largest absolute Gasteiger partial charge is 0.348 e. The average Bonchev–Trinajstić information content (AvgIpc) is 2.77. The molecule has 4 rings (SSSR count). The van der Waals surface area contributed by atoms with E-state index in [2.05, 4.69) is 39.6 Å². The van der Waals surface area contributed by atoms with Crippen molar-refractivity contribution in [2.45, 2.75) is 25.4 Å². The number of carbonyl (C=O) groups is 1. The highest BCUT2D eigenvalue weighted by Crippen LogP contribution is 2.14. The molecule has 1 fully saturated rings. The lowest BCUT2D eigenvalue weighted by Crippen LogP contribution is -2.44. The van der Waals surface area contributed by atoms with E-state index in [-0.39, 0.29) is 23.2 Å². The van der Waals surface area contributed by atoms with Crippen LogP contribution in [0.1, 0.15) is 28.9 Å². The molecule has 0 atom stereocenters. The van der Waals surface area contributed by atoms with Gasteiger partial charge in [0, 0.05) is 31.7 Å². The predicted octanol–water partition coefficient (Wildman–Crippen LogP) is 2.63. The molecule has 0 spiro atoms. The van der Waals surface area contributed by atoms with E-state index in [1.807, 2.05) is 24.3 Å². The first-order chi connectivity index (χ1) is 14.2. The van der Waals surface area contributed by atoms with Gasteiger partial charge in [-0.25, -0.2) is 0 Å². The van der Waals surface area contributed by atoms with Crippen LogP contribution in [0.15, 0.2) is 77.6 Å². The van der Waals surface area contributed by atoms with Gasteiger partial charge in [0.2, 0.25) is 0 Å². The Bertz CT molecular complexity index is 1010. The van der Waals surface area contributed by atoms with Crippen LogP contribution in [0.2, 0.25) is 0 Å². The fourth-order valence-corrected chi connectivity index (χ4v) is 3.62. The van der Waals surface area contributed by atoms with Crippen LogP contribution in [-0.4, -0.2) is 39.7 Å². The first-order valence-electron chi connectivity index (χ1n) is 9.92. The number of likely N-dealkylation sites (tertiary alicyclic amines) is 1. The van der Waals surface area contributed by atoms with E-state index in [4.69, 9.17) is 0 Å². The van der Waals surface area contributed by atoms with E-state index in [0.29, 0.717) is 5.69 Å². The number of nitrogens with zero attached hydrogens (tertiary/aromatic N) is 3. The van der Waals surface area contributed by atoms with Crippen molar-refractivity contribution in [2.24, 2.45) is 0 Å². The molecule has 29 heavy (non-hydrogen) atoms. The van der Waals surface area contributed by atoms with Crippen LogP contribution in [-0.2, 0) is 6.54 Å². The lowest BCUT2D eigenvalue weighted by Gasteiger charge is -2.32. The van der Waals surface area contributed by atoms with Gasteiger partial charge in [-0.15, -0.1) is 0 Å². The van der Waals surface area contributed by atoms with Crippen molar-refractivity contribution in [1.29, 1.82) is 0 Å². The van der Waals surface area contributed by atoms with Gasteiger partial charge in [0.25, 0.3) is 11.5 Å². The summed E-state index contributed by atoms with van der Waals surface area (Å²) < 4.78 is 1.26.